The SMILES string of the molecule is C[Si](C)(C)CCOCn1c(Br)cc2nc(Br)c(F)cc21. The first kappa shape index (κ1) is 16.1. The maximum absolute atomic E-state index is 13.6. The number of aromatic nitrogens is 2. The highest BCUT2D eigenvalue weighted by Crippen LogP contribution is 2.26. The lowest BCUT2D eigenvalue weighted by Gasteiger charge is -2.16. The van der Waals surface area contributed by atoms with Gasteiger partial charge in [-0.15, -0.1) is 0 Å². The number of halogens is 3. The van der Waals surface area contributed by atoms with E-state index in [-0.39, 0.29) is 10.4 Å². The van der Waals surface area contributed by atoms with Crippen LogP contribution in [0, 0.1) is 5.82 Å². The standard InChI is InChI=1S/C13H17Br2FN2OSi/c1-20(2,3)5-4-19-8-18-11-6-9(16)13(15)17-10(11)7-12(18)14/h6-7H,4-5,8H2,1-3H3. The molecule has 0 aliphatic rings. The molecule has 2 aromatic rings. The van der Waals surface area contributed by atoms with Crippen LogP contribution < -0.4 is 0 Å². The van der Waals surface area contributed by atoms with Crippen LogP contribution >= 0.6 is 31.9 Å². The molecular weight excluding hydrogens is 407 g/mol. The Kier molecular flexibility index (Phi) is 5.04. The largest absolute Gasteiger partial charge is 0.361 e. The second kappa shape index (κ2) is 6.25. The minimum absolute atomic E-state index is 0.231. The van der Waals surface area contributed by atoms with Gasteiger partial charge < -0.3 is 9.30 Å². The third-order valence-corrected chi connectivity index (χ3v) is 5.88. The Bertz CT molecular complexity index is 625. The molecule has 0 unspecified atom stereocenters. The van der Waals surface area contributed by atoms with E-state index in [0.717, 1.165) is 28.3 Å². The Balaban J connectivity index is 2.14. The minimum Gasteiger partial charge on any atom is -0.361 e. The normalized spacial score (nSPS) is 12.3. The molecule has 0 spiro atoms. The van der Waals surface area contributed by atoms with E-state index >= 15 is 0 Å². The Morgan fingerprint density at radius 3 is 2.65 bits per heavy atom. The summed E-state index contributed by atoms with van der Waals surface area (Å²) in [6, 6.07) is 4.45. The van der Waals surface area contributed by atoms with Gasteiger partial charge in [0.05, 0.1) is 15.6 Å². The zero-order valence-electron chi connectivity index (χ0n) is 11.7. The summed E-state index contributed by atoms with van der Waals surface area (Å²) >= 11 is 6.56. The van der Waals surface area contributed by atoms with E-state index in [9.17, 15) is 4.39 Å². The lowest BCUT2D eigenvalue weighted by molar-refractivity contribution is 0.0888. The van der Waals surface area contributed by atoms with Crippen molar-refractivity contribution in [2.24, 2.45) is 0 Å². The average Bonchev–Trinajstić information content (AvgIpc) is 2.60. The fourth-order valence-corrected chi connectivity index (χ4v) is 3.34. The number of hydrogen-bond acceptors (Lipinski definition) is 2. The molecule has 2 rings (SSSR count). The first-order chi connectivity index (χ1) is 9.28. The van der Waals surface area contributed by atoms with Gasteiger partial charge in [0.1, 0.15) is 11.3 Å². The maximum Gasteiger partial charge on any atom is 0.158 e. The quantitative estimate of drug-likeness (QED) is 0.383. The smallest absolute Gasteiger partial charge is 0.158 e. The molecule has 0 aliphatic heterocycles. The zero-order valence-corrected chi connectivity index (χ0v) is 15.9. The molecule has 0 amide bonds. The van der Waals surface area contributed by atoms with Gasteiger partial charge in [-0.25, -0.2) is 9.37 Å². The molecule has 110 valence electrons. The molecule has 2 aromatic heterocycles. The van der Waals surface area contributed by atoms with Gasteiger partial charge in [0.2, 0.25) is 0 Å². The van der Waals surface area contributed by atoms with E-state index < -0.39 is 8.07 Å². The topological polar surface area (TPSA) is 27.1 Å². The van der Waals surface area contributed by atoms with Crippen molar-refractivity contribution in [2.45, 2.75) is 32.4 Å². The summed E-state index contributed by atoms with van der Waals surface area (Å²) in [5, 5.41) is 0. The van der Waals surface area contributed by atoms with Crippen molar-refractivity contribution in [3.8, 4) is 0 Å². The first-order valence-electron chi connectivity index (χ1n) is 6.36. The van der Waals surface area contributed by atoms with Crippen LogP contribution in [0.3, 0.4) is 0 Å². The van der Waals surface area contributed by atoms with Gasteiger partial charge in [0.25, 0.3) is 0 Å². The molecule has 0 aliphatic carbocycles. The van der Waals surface area contributed by atoms with Crippen molar-refractivity contribution in [3.05, 3.63) is 27.2 Å². The van der Waals surface area contributed by atoms with Crippen LogP contribution in [-0.4, -0.2) is 24.2 Å². The van der Waals surface area contributed by atoms with E-state index in [1.807, 2.05) is 10.6 Å². The van der Waals surface area contributed by atoms with E-state index in [1.165, 1.54) is 6.07 Å². The third-order valence-electron chi connectivity index (χ3n) is 2.96. The van der Waals surface area contributed by atoms with Crippen LogP contribution in [0.2, 0.25) is 25.7 Å². The fraction of sp³-hybridized carbons (Fsp3) is 0.462. The predicted molar refractivity (Wildman–Crippen MR) is 89.2 cm³/mol. The molecule has 2 heterocycles. The summed E-state index contributed by atoms with van der Waals surface area (Å²) in [4.78, 5) is 4.17. The lowest BCUT2D eigenvalue weighted by atomic mass is 10.4. The average molecular weight is 424 g/mol. The summed E-state index contributed by atoms with van der Waals surface area (Å²) < 4.78 is 22.3. The van der Waals surface area contributed by atoms with Crippen LogP contribution in [0.15, 0.2) is 21.3 Å². The van der Waals surface area contributed by atoms with Crippen molar-refractivity contribution < 1.29 is 9.13 Å². The van der Waals surface area contributed by atoms with Crippen LogP contribution in [0.1, 0.15) is 0 Å². The van der Waals surface area contributed by atoms with Crippen LogP contribution in [0.5, 0.6) is 0 Å². The molecule has 0 saturated carbocycles. The number of fused-ring (bicyclic) bond motifs is 1. The summed E-state index contributed by atoms with van der Waals surface area (Å²) in [5.41, 5.74) is 1.46. The highest BCUT2D eigenvalue weighted by molar-refractivity contribution is 9.10. The number of ether oxygens (including phenoxy) is 1. The fourth-order valence-electron chi connectivity index (χ4n) is 1.76. The van der Waals surface area contributed by atoms with Crippen molar-refractivity contribution in [3.63, 3.8) is 0 Å². The molecule has 0 bridgehead atoms. The Morgan fingerprint density at radius 1 is 1.30 bits per heavy atom. The van der Waals surface area contributed by atoms with E-state index in [4.69, 9.17) is 4.74 Å². The van der Waals surface area contributed by atoms with Crippen molar-refractivity contribution in [2.75, 3.05) is 6.61 Å². The van der Waals surface area contributed by atoms with Crippen LogP contribution in [0.4, 0.5) is 4.39 Å². The summed E-state index contributed by atoms with van der Waals surface area (Å²) in [6.07, 6.45) is 0. The Labute approximate surface area is 135 Å². The molecular formula is C13H17Br2FN2OSi. The van der Waals surface area contributed by atoms with Gasteiger partial charge >= 0.3 is 0 Å². The third kappa shape index (κ3) is 3.90. The molecule has 0 fully saturated rings. The van der Waals surface area contributed by atoms with Crippen molar-refractivity contribution in [1.29, 1.82) is 0 Å². The van der Waals surface area contributed by atoms with Gasteiger partial charge in [-0.1, -0.05) is 19.6 Å². The summed E-state index contributed by atoms with van der Waals surface area (Å²) in [5.74, 6) is -0.369. The Morgan fingerprint density at radius 2 is 2.00 bits per heavy atom. The van der Waals surface area contributed by atoms with E-state index in [0.29, 0.717) is 6.73 Å². The first-order valence-corrected chi connectivity index (χ1v) is 11.7. The minimum atomic E-state index is -1.09. The van der Waals surface area contributed by atoms with Gasteiger partial charge in [0.15, 0.2) is 5.82 Å². The van der Waals surface area contributed by atoms with Gasteiger partial charge in [0, 0.05) is 20.7 Å². The highest BCUT2D eigenvalue weighted by Gasteiger charge is 2.14. The van der Waals surface area contributed by atoms with Gasteiger partial charge in [-0.05, 0) is 44.0 Å². The summed E-state index contributed by atoms with van der Waals surface area (Å²) in [7, 11) is -1.09. The second-order valence-electron chi connectivity index (χ2n) is 5.91. The van der Waals surface area contributed by atoms with Crippen molar-refractivity contribution >= 4 is 51.0 Å². The monoisotopic (exact) mass is 422 g/mol. The lowest BCUT2D eigenvalue weighted by Crippen LogP contribution is -2.22. The predicted octanol–water partition coefficient (Wildman–Crippen LogP) is 5.01. The maximum atomic E-state index is 13.6. The molecule has 0 radical (unpaired) electrons. The molecule has 0 atom stereocenters. The molecule has 7 heteroatoms. The van der Waals surface area contributed by atoms with Crippen molar-refractivity contribution in [1.82, 2.24) is 9.55 Å². The molecule has 20 heavy (non-hydrogen) atoms. The van der Waals surface area contributed by atoms with E-state index in [2.05, 4.69) is 56.5 Å². The zero-order chi connectivity index (χ0) is 14.9. The summed E-state index contributed by atoms with van der Waals surface area (Å²) in [6.45, 7) is 8.07. The number of rotatable bonds is 5. The highest BCUT2D eigenvalue weighted by atomic mass is 79.9. The molecule has 0 aromatic carbocycles. The number of pyridine rings is 1. The molecule has 3 nitrogen and oxygen atoms in total. The molecule has 0 N–H and O–H groups in total. The number of nitrogens with zero attached hydrogens (tertiary/aromatic N) is 2. The van der Waals surface area contributed by atoms with Gasteiger partial charge in [-0.2, -0.15) is 0 Å². The van der Waals surface area contributed by atoms with Gasteiger partial charge in [-0.3, -0.25) is 0 Å². The van der Waals surface area contributed by atoms with Crippen LogP contribution in [0.25, 0.3) is 11.0 Å². The van der Waals surface area contributed by atoms with E-state index in [1.54, 1.807) is 0 Å². The van der Waals surface area contributed by atoms with Crippen LogP contribution in [-0.2, 0) is 11.5 Å². The second-order valence-corrected chi connectivity index (χ2v) is 13.1. The molecule has 0 saturated heterocycles. The number of hydrogen-bond donors (Lipinski definition) is 0. The Hall–Kier alpha value is -0.243.